The van der Waals surface area contributed by atoms with Crippen LogP contribution in [0.3, 0.4) is 0 Å². The Hall–Kier alpha value is 0.730. The van der Waals surface area contributed by atoms with E-state index >= 15 is 0 Å². The van der Waals surface area contributed by atoms with Gasteiger partial charge in [0.1, 0.15) is 0 Å². The number of nitrogens with two attached hydrogens (primary N) is 1. The monoisotopic (exact) mass is 355 g/mol. The molecule has 0 aromatic rings. The third-order valence-corrected chi connectivity index (χ3v) is 4.16. The molecular formula is C16H35BrClN. The highest BCUT2D eigenvalue weighted by Crippen LogP contribution is 2.26. The van der Waals surface area contributed by atoms with Crippen LogP contribution in [-0.4, -0.2) is 11.4 Å². The standard InChI is InChI=1S/C16H34ClN.BrH/c1-4-5-6-7-8-9-10-12-15(13-11-14-17)16(2,3)18;/h15H,4-14,18H2,1-3H3;1H. The molecule has 0 aromatic carbocycles. The fourth-order valence-corrected chi connectivity index (χ4v) is 2.71. The molecule has 0 saturated heterocycles. The molecule has 1 unspecified atom stereocenters. The summed E-state index contributed by atoms with van der Waals surface area (Å²) >= 11 is 5.79. The molecular weight excluding hydrogens is 322 g/mol. The first-order valence-corrected chi connectivity index (χ1v) is 8.40. The number of hydrogen-bond donors (Lipinski definition) is 1. The van der Waals surface area contributed by atoms with Crippen LogP contribution in [0.5, 0.6) is 0 Å². The minimum atomic E-state index is -0.0474. The maximum Gasteiger partial charge on any atom is 0.0223 e. The first-order chi connectivity index (χ1) is 8.52. The molecule has 0 aliphatic carbocycles. The van der Waals surface area contributed by atoms with E-state index in [1.807, 2.05) is 0 Å². The van der Waals surface area contributed by atoms with Crippen LogP contribution in [0.4, 0.5) is 0 Å². The van der Waals surface area contributed by atoms with Crippen molar-refractivity contribution in [2.45, 2.75) is 90.5 Å². The summed E-state index contributed by atoms with van der Waals surface area (Å²) in [6.45, 7) is 6.59. The summed E-state index contributed by atoms with van der Waals surface area (Å²) in [6, 6.07) is 0. The van der Waals surface area contributed by atoms with Gasteiger partial charge in [0.2, 0.25) is 0 Å². The topological polar surface area (TPSA) is 26.0 Å². The SMILES string of the molecule is Br.CCCCCCCCCC(CCCCl)C(C)(C)N. The molecule has 0 saturated carbocycles. The number of rotatable bonds is 12. The van der Waals surface area contributed by atoms with E-state index in [0.29, 0.717) is 5.92 Å². The molecule has 1 atom stereocenters. The van der Waals surface area contributed by atoms with Crippen molar-refractivity contribution in [1.82, 2.24) is 0 Å². The summed E-state index contributed by atoms with van der Waals surface area (Å²) in [5, 5.41) is 0. The first-order valence-electron chi connectivity index (χ1n) is 7.87. The number of unbranched alkanes of at least 4 members (excludes halogenated alkanes) is 6. The highest BCUT2D eigenvalue weighted by atomic mass is 79.9. The predicted octanol–water partition coefficient (Wildman–Crippen LogP) is 6.08. The molecule has 0 aliphatic rings. The maximum absolute atomic E-state index is 6.26. The number of hydrogen-bond acceptors (Lipinski definition) is 1. The van der Waals surface area contributed by atoms with Gasteiger partial charge >= 0.3 is 0 Å². The molecule has 19 heavy (non-hydrogen) atoms. The molecule has 0 rings (SSSR count). The van der Waals surface area contributed by atoms with Crippen molar-refractivity contribution in [3.63, 3.8) is 0 Å². The Labute approximate surface area is 136 Å². The Balaban J connectivity index is 0. The first kappa shape index (κ1) is 22.0. The lowest BCUT2D eigenvalue weighted by Crippen LogP contribution is -2.41. The van der Waals surface area contributed by atoms with Gasteiger partial charge in [0, 0.05) is 11.4 Å². The van der Waals surface area contributed by atoms with Gasteiger partial charge < -0.3 is 5.73 Å². The second-order valence-electron chi connectivity index (χ2n) is 6.26. The molecule has 0 radical (unpaired) electrons. The van der Waals surface area contributed by atoms with Gasteiger partial charge in [0.25, 0.3) is 0 Å². The lowest BCUT2D eigenvalue weighted by Gasteiger charge is -2.30. The largest absolute Gasteiger partial charge is 0.325 e. The highest BCUT2D eigenvalue weighted by molar-refractivity contribution is 8.93. The van der Waals surface area contributed by atoms with Crippen molar-refractivity contribution in [3.8, 4) is 0 Å². The van der Waals surface area contributed by atoms with Crippen molar-refractivity contribution in [2.24, 2.45) is 11.7 Å². The van der Waals surface area contributed by atoms with E-state index in [0.717, 1.165) is 12.3 Å². The van der Waals surface area contributed by atoms with Crippen molar-refractivity contribution < 1.29 is 0 Å². The van der Waals surface area contributed by atoms with Gasteiger partial charge in [-0.2, -0.15) is 0 Å². The molecule has 2 N–H and O–H groups in total. The number of alkyl halides is 1. The second kappa shape index (κ2) is 13.7. The Morgan fingerprint density at radius 2 is 1.37 bits per heavy atom. The minimum Gasteiger partial charge on any atom is -0.325 e. The third kappa shape index (κ3) is 13.5. The maximum atomic E-state index is 6.26. The van der Waals surface area contributed by atoms with Gasteiger partial charge in [-0.25, -0.2) is 0 Å². The lowest BCUT2D eigenvalue weighted by atomic mass is 9.81. The van der Waals surface area contributed by atoms with Gasteiger partial charge in [-0.15, -0.1) is 28.6 Å². The van der Waals surface area contributed by atoms with Crippen LogP contribution >= 0.6 is 28.6 Å². The van der Waals surface area contributed by atoms with E-state index in [4.69, 9.17) is 17.3 Å². The van der Waals surface area contributed by atoms with Crippen LogP contribution in [0.15, 0.2) is 0 Å². The van der Waals surface area contributed by atoms with Gasteiger partial charge in [0.05, 0.1) is 0 Å². The molecule has 3 heteroatoms. The van der Waals surface area contributed by atoms with Gasteiger partial charge in [-0.3, -0.25) is 0 Å². The summed E-state index contributed by atoms with van der Waals surface area (Å²) in [5.74, 6) is 1.40. The zero-order valence-electron chi connectivity index (χ0n) is 13.2. The Morgan fingerprint density at radius 1 is 0.895 bits per heavy atom. The summed E-state index contributed by atoms with van der Waals surface area (Å²) in [6.07, 6.45) is 13.2. The van der Waals surface area contributed by atoms with E-state index in [-0.39, 0.29) is 22.5 Å². The van der Waals surface area contributed by atoms with E-state index in [2.05, 4.69) is 20.8 Å². The summed E-state index contributed by atoms with van der Waals surface area (Å²) < 4.78 is 0. The van der Waals surface area contributed by atoms with Crippen LogP contribution in [0, 0.1) is 5.92 Å². The van der Waals surface area contributed by atoms with Crippen molar-refractivity contribution in [2.75, 3.05) is 5.88 Å². The number of halogens is 2. The molecule has 118 valence electrons. The Bertz CT molecular complexity index is 180. The molecule has 0 amide bonds. The van der Waals surface area contributed by atoms with Crippen LogP contribution in [0.25, 0.3) is 0 Å². The van der Waals surface area contributed by atoms with E-state index in [1.54, 1.807) is 0 Å². The predicted molar refractivity (Wildman–Crippen MR) is 94.6 cm³/mol. The van der Waals surface area contributed by atoms with Crippen LogP contribution in [0.2, 0.25) is 0 Å². The normalized spacial score (nSPS) is 13.1. The average Bonchev–Trinajstić information content (AvgIpc) is 2.30. The fraction of sp³-hybridized carbons (Fsp3) is 1.00. The van der Waals surface area contributed by atoms with Crippen molar-refractivity contribution in [1.29, 1.82) is 0 Å². The van der Waals surface area contributed by atoms with Crippen LogP contribution in [-0.2, 0) is 0 Å². The minimum absolute atomic E-state index is 0. The van der Waals surface area contributed by atoms with Crippen LogP contribution < -0.4 is 5.73 Å². The van der Waals surface area contributed by atoms with E-state index in [1.165, 1.54) is 57.8 Å². The molecule has 0 aromatic heterocycles. The quantitative estimate of drug-likeness (QED) is 0.333. The third-order valence-electron chi connectivity index (χ3n) is 3.89. The summed E-state index contributed by atoms with van der Waals surface area (Å²) in [7, 11) is 0. The highest BCUT2D eigenvalue weighted by Gasteiger charge is 2.23. The smallest absolute Gasteiger partial charge is 0.0223 e. The Morgan fingerprint density at radius 3 is 1.84 bits per heavy atom. The van der Waals surface area contributed by atoms with Crippen molar-refractivity contribution in [3.05, 3.63) is 0 Å². The van der Waals surface area contributed by atoms with Gasteiger partial charge in [-0.05, 0) is 39.0 Å². The molecule has 0 heterocycles. The van der Waals surface area contributed by atoms with E-state index in [9.17, 15) is 0 Å². The fourth-order valence-electron chi connectivity index (χ4n) is 2.56. The molecule has 0 bridgehead atoms. The second-order valence-corrected chi connectivity index (χ2v) is 6.64. The molecule has 0 aliphatic heterocycles. The Kier molecular flexibility index (Phi) is 15.9. The molecule has 1 nitrogen and oxygen atoms in total. The summed E-state index contributed by atoms with van der Waals surface area (Å²) in [4.78, 5) is 0. The van der Waals surface area contributed by atoms with Crippen molar-refractivity contribution >= 4 is 28.6 Å². The lowest BCUT2D eigenvalue weighted by molar-refractivity contribution is 0.273. The average molecular weight is 357 g/mol. The molecule has 0 spiro atoms. The van der Waals surface area contributed by atoms with Gasteiger partial charge in [0.15, 0.2) is 0 Å². The molecule has 0 fully saturated rings. The summed E-state index contributed by atoms with van der Waals surface area (Å²) in [5.41, 5.74) is 6.21. The van der Waals surface area contributed by atoms with Gasteiger partial charge in [-0.1, -0.05) is 51.9 Å². The zero-order valence-corrected chi connectivity index (χ0v) is 15.7. The van der Waals surface area contributed by atoms with Crippen LogP contribution in [0.1, 0.15) is 85.0 Å². The zero-order chi connectivity index (χ0) is 13.9. The van der Waals surface area contributed by atoms with E-state index < -0.39 is 0 Å².